The Morgan fingerprint density at radius 1 is 0.638 bits per heavy atom. The summed E-state index contributed by atoms with van der Waals surface area (Å²) in [6.45, 7) is 10.2. The minimum absolute atomic E-state index is 0.0396. The molecule has 252 valence electrons. The summed E-state index contributed by atoms with van der Waals surface area (Å²) in [6.07, 6.45) is 1.74. The molecule has 0 fully saturated rings. The van der Waals surface area contributed by atoms with Crippen molar-refractivity contribution >= 4 is 74.0 Å². The molecule has 4 N–H and O–H groups in total. The zero-order valence-corrected chi connectivity index (χ0v) is 28.4. The molecule has 0 aromatic heterocycles. The van der Waals surface area contributed by atoms with Crippen LogP contribution < -0.4 is 9.44 Å². The van der Waals surface area contributed by atoms with Crippen LogP contribution in [0.3, 0.4) is 0 Å². The van der Waals surface area contributed by atoms with Crippen LogP contribution in [0.5, 0.6) is 5.75 Å². The van der Waals surface area contributed by atoms with Gasteiger partial charge in [-0.05, 0) is 62.8 Å². The molecule has 0 saturated carbocycles. The van der Waals surface area contributed by atoms with E-state index in [0.717, 1.165) is 12.1 Å². The van der Waals surface area contributed by atoms with Crippen LogP contribution in [-0.4, -0.2) is 59.6 Å². The number of benzene rings is 4. The number of rotatable bonds is 17. The predicted molar refractivity (Wildman–Crippen MR) is 179 cm³/mol. The van der Waals surface area contributed by atoms with Crippen molar-refractivity contribution < 1.29 is 44.5 Å². The lowest BCUT2D eigenvalue weighted by Crippen LogP contribution is -2.27. The zero-order chi connectivity index (χ0) is 34.9. The average Bonchev–Trinajstić information content (AvgIpc) is 2.98. The molecule has 0 radical (unpaired) electrons. The quantitative estimate of drug-likeness (QED) is 0.0516. The van der Waals surface area contributed by atoms with E-state index in [4.69, 9.17) is 0 Å². The van der Waals surface area contributed by atoms with Gasteiger partial charge in [0.25, 0.3) is 10.1 Å². The minimum atomic E-state index is -4.87. The number of allylic oxidation sites excluding steroid dienone is 2. The summed E-state index contributed by atoms with van der Waals surface area (Å²) in [5.74, 6) is -0.809. The highest BCUT2D eigenvalue weighted by Crippen LogP contribution is 2.44. The van der Waals surface area contributed by atoms with Gasteiger partial charge in [0.1, 0.15) is 10.6 Å². The van der Waals surface area contributed by atoms with Crippen LogP contribution >= 0.6 is 0 Å². The Morgan fingerprint density at radius 3 is 1.43 bits per heavy atom. The summed E-state index contributed by atoms with van der Waals surface area (Å²) in [6, 6.07) is 7.26. The maximum Gasteiger partial charge on any atom is 0.295 e. The summed E-state index contributed by atoms with van der Waals surface area (Å²) >= 11 is 0. The van der Waals surface area contributed by atoms with Gasteiger partial charge >= 0.3 is 0 Å². The number of carbonyl (C=O) groups is 2. The number of nitrogens with one attached hydrogen (secondary N) is 2. The Bertz CT molecular complexity index is 2170. The van der Waals surface area contributed by atoms with Gasteiger partial charge in [-0.2, -0.15) is 8.42 Å². The fourth-order valence-electron chi connectivity index (χ4n) is 5.35. The Labute approximate surface area is 273 Å². The van der Waals surface area contributed by atoms with E-state index < -0.39 is 50.6 Å². The van der Waals surface area contributed by atoms with Crippen molar-refractivity contribution in [1.82, 2.24) is 9.44 Å². The molecular formula is C32H36N2O10S3. The van der Waals surface area contributed by atoms with E-state index in [1.807, 2.05) is 0 Å². The Kier molecular flexibility index (Phi) is 10.6. The highest BCUT2D eigenvalue weighted by Gasteiger charge is 2.29. The van der Waals surface area contributed by atoms with Crippen LogP contribution in [0.4, 0.5) is 0 Å². The van der Waals surface area contributed by atoms with Crippen LogP contribution in [0.25, 0.3) is 32.3 Å². The van der Waals surface area contributed by atoms with Gasteiger partial charge in [-0.1, -0.05) is 31.4 Å². The molecule has 0 aliphatic heterocycles. The summed E-state index contributed by atoms with van der Waals surface area (Å²) < 4.78 is 94.3. The van der Waals surface area contributed by atoms with Crippen LogP contribution in [0, 0.1) is 0 Å². The molecule has 15 heteroatoms. The molecule has 0 unspecified atom stereocenters. The zero-order valence-electron chi connectivity index (χ0n) is 25.9. The normalized spacial score (nSPS) is 12.7. The van der Waals surface area contributed by atoms with Gasteiger partial charge in [0.2, 0.25) is 20.0 Å². The van der Waals surface area contributed by atoms with E-state index in [-0.39, 0.29) is 69.8 Å². The van der Waals surface area contributed by atoms with Crippen molar-refractivity contribution in [2.75, 3.05) is 13.1 Å². The van der Waals surface area contributed by atoms with E-state index in [2.05, 4.69) is 22.6 Å². The Morgan fingerprint density at radius 2 is 1.02 bits per heavy atom. The van der Waals surface area contributed by atoms with E-state index in [1.54, 1.807) is 13.8 Å². The average molecular weight is 705 g/mol. The summed E-state index contributed by atoms with van der Waals surface area (Å²) in [5, 5.41) is 11.0. The van der Waals surface area contributed by atoms with Gasteiger partial charge in [0, 0.05) is 64.3 Å². The first-order valence-electron chi connectivity index (χ1n) is 14.7. The number of phenolic OH excluding ortho intramolecular Hbond substituents is 1. The standard InChI is InChI=1S/C32H36N2O10S3/c1-19(2)25(35)9-5-7-15-33-45(38,39)28-18-29(46(40,41)34-16-8-6-10-26(36)20(3)4)23-13-14-24-30(47(42,43)44)17-27(37)21-11-12-22(28)32(23)31(21)24/h11-14,17-18,33-34,37H,1,3,5-10,15-16H2,2,4H3,(H,42,43,44). The second-order valence-electron chi connectivity index (χ2n) is 11.4. The number of ketones is 2. The number of sulfonamides is 2. The van der Waals surface area contributed by atoms with Crippen molar-refractivity contribution in [3.05, 3.63) is 60.7 Å². The molecule has 0 aliphatic carbocycles. The van der Waals surface area contributed by atoms with Crippen molar-refractivity contribution in [2.45, 2.75) is 67.1 Å². The van der Waals surface area contributed by atoms with Gasteiger partial charge in [-0.3, -0.25) is 14.1 Å². The first-order valence-corrected chi connectivity index (χ1v) is 19.1. The molecule has 0 atom stereocenters. The maximum absolute atomic E-state index is 13.7. The molecule has 4 aromatic rings. The van der Waals surface area contributed by atoms with Gasteiger partial charge in [0.05, 0.1) is 9.79 Å². The van der Waals surface area contributed by atoms with Crippen LogP contribution in [0.2, 0.25) is 0 Å². The highest BCUT2D eigenvalue weighted by molar-refractivity contribution is 7.90. The largest absolute Gasteiger partial charge is 0.507 e. The number of Topliss-reactive ketones (excluding diaryl/α,β-unsaturated/α-hetero) is 2. The fourth-order valence-corrected chi connectivity index (χ4v) is 8.74. The third-order valence-corrected chi connectivity index (χ3v) is 11.7. The summed E-state index contributed by atoms with van der Waals surface area (Å²) in [5.41, 5.74) is 0.787. The number of phenols is 1. The molecule has 4 aromatic carbocycles. The second kappa shape index (κ2) is 13.8. The lowest BCUT2D eigenvalue weighted by atomic mass is 9.94. The van der Waals surface area contributed by atoms with Crippen molar-refractivity contribution in [2.24, 2.45) is 0 Å². The van der Waals surface area contributed by atoms with E-state index in [9.17, 15) is 44.5 Å². The number of unbranched alkanes of at least 4 members (excludes halogenated alkanes) is 2. The predicted octanol–water partition coefficient (Wildman–Crippen LogP) is 4.72. The maximum atomic E-state index is 13.7. The van der Waals surface area contributed by atoms with E-state index in [0.29, 0.717) is 36.8 Å². The van der Waals surface area contributed by atoms with Crippen molar-refractivity contribution in [3.8, 4) is 5.75 Å². The van der Waals surface area contributed by atoms with Gasteiger partial charge in [-0.25, -0.2) is 26.3 Å². The van der Waals surface area contributed by atoms with Gasteiger partial charge in [-0.15, -0.1) is 0 Å². The fraction of sp³-hybridized carbons (Fsp3) is 0.312. The molecule has 0 saturated heterocycles. The van der Waals surface area contributed by atoms with Crippen LogP contribution in [0.1, 0.15) is 52.4 Å². The topological polar surface area (TPSA) is 201 Å². The number of aromatic hydroxyl groups is 1. The first kappa shape index (κ1) is 36.1. The summed E-state index contributed by atoms with van der Waals surface area (Å²) in [4.78, 5) is 22.2. The van der Waals surface area contributed by atoms with E-state index in [1.165, 1.54) is 24.3 Å². The second-order valence-corrected chi connectivity index (χ2v) is 16.3. The molecule has 0 spiro atoms. The van der Waals surface area contributed by atoms with Crippen LogP contribution in [0.15, 0.2) is 75.4 Å². The van der Waals surface area contributed by atoms with Gasteiger partial charge < -0.3 is 5.11 Å². The smallest absolute Gasteiger partial charge is 0.295 e. The molecule has 0 bridgehead atoms. The summed E-state index contributed by atoms with van der Waals surface area (Å²) in [7, 11) is -13.7. The van der Waals surface area contributed by atoms with Crippen molar-refractivity contribution in [1.29, 1.82) is 0 Å². The highest BCUT2D eigenvalue weighted by atomic mass is 32.2. The third-order valence-electron chi connectivity index (χ3n) is 7.82. The first-order chi connectivity index (χ1) is 21.9. The van der Waals surface area contributed by atoms with Crippen LogP contribution in [-0.2, 0) is 39.8 Å². The monoisotopic (exact) mass is 704 g/mol. The van der Waals surface area contributed by atoms with Gasteiger partial charge in [0.15, 0.2) is 11.6 Å². The molecule has 4 rings (SSSR count). The molecular weight excluding hydrogens is 669 g/mol. The third kappa shape index (κ3) is 7.71. The molecule has 47 heavy (non-hydrogen) atoms. The Balaban J connectivity index is 1.85. The number of hydrogen-bond acceptors (Lipinski definition) is 9. The molecule has 0 heterocycles. The molecule has 0 aliphatic rings. The molecule has 0 amide bonds. The lowest BCUT2D eigenvalue weighted by Gasteiger charge is -2.19. The van der Waals surface area contributed by atoms with Crippen molar-refractivity contribution in [3.63, 3.8) is 0 Å². The Hall–Kier alpha value is -3.73. The SMILES string of the molecule is C=C(C)C(=O)CCCCNS(=O)(=O)c1cc(S(=O)(=O)NCCCCC(=O)C(=C)C)c2ccc3c(S(=O)(=O)O)cc(O)c4ccc1c2c43. The number of hydrogen-bond donors (Lipinski definition) is 4. The van der Waals surface area contributed by atoms with E-state index >= 15 is 0 Å². The number of carbonyl (C=O) groups excluding carboxylic acids is 2. The minimum Gasteiger partial charge on any atom is -0.507 e. The lowest BCUT2D eigenvalue weighted by molar-refractivity contribution is -0.116. The molecule has 12 nitrogen and oxygen atoms in total.